The molecular formula is C14H21BrN2O3. The number of hydrogen-bond donors (Lipinski definition) is 2. The van der Waals surface area contributed by atoms with E-state index in [-0.39, 0.29) is 5.91 Å². The molecule has 1 atom stereocenters. The van der Waals surface area contributed by atoms with E-state index in [9.17, 15) is 4.79 Å². The van der Waals surface area contributed by atoms with Gasteiger partial charge in [-0.2, -0.15) is 0 Å². The summed E-state index contributed by atoms with van der Waals surface area (Å²) >= 11 is 3.42. The summed E-state index contributed by atoms with van der Waals surface area (Å²) in [7, 11) is 1.55. The van der Waals surface area contributed by atoms with Crippen LogP contribution in [0.1, 0.15) is 25.8 Å². The predicted octanol–water partition coefficient (Wildman–Crippen LogP) is 2.21. The van der Waals surface area contributed by atoms with Gasteiger partial charge in [-0.05, 0) is 47.0 Å². The second-order valence-electron chi connectivity index (χ2n) is 4.36. The maximum atomic E-state index is 11.8. The van der Waals surface area contributed by atoms with E-state index < -0.39 is 6.10 Å². The van der Waals surface area contributed by atoms with Gasteiger partial charge in [0.05, 0.1) is 11.6 Å². The van der Waals surface area contributed by atoms with Crippen molar-refractivity contribution < 1.29 is 14.3 Å². The van der Waals surface area contributed by atoms with Gasteiger partial charge in [0.15, 0.2) is 17.6 Å². The molecule has 0 bridgehead atoms. The molecule has 1 aromatic carbocycles. The second kappa shape index (κ2) is 8.11. The summed E-state index contributed by atoms with van der Waals surface area (Å²) in [5, 5.41) is 2.79. The molecule has 1 unspecified atom stereocenters. The van der Waals surface area contributed by atoms with Gasteiger partial charge in [0, 0.05) is 13.1 Å². The molecule has 0 fully saturated rings. The third-order valence-electron chi connectivity index (χ3n) is 2.74. The average molecular weight is 345 g/mol. The Morgan fingerprint density at radius 1 is 1.50 bits per heavy atom. The van der Waals surface area contributed by atoms with Gasteiger partial charge in [-0.1, -0.05) is 6.92 Å². The lowest BCUT2D eigenvalue weighted by molar-refractivity contribution is -0.127. The molecule has 0 radical (unpaired) electrons. The summed E-state index contributed by atoms with van der Waals surface area (Å²) in [6, 6.07) is 3.66. The maximum absolute atomic E-state index is 11.8. The molecule has 0 spiro atoms. The number of hydrogen-bond acceptors (Lipinski definition) is 4. The first kappa shape index (κ1) is 16.8. The van der Waals surface area contributed by atoms with Crippen molar-refractivity contribution in [3.05, 3.63) is 22.2 Å². The first-order valence-electron chi connectivity index (χ1n) is 6.54. The van der Waals surface area contributed by atoms with E-state index in [4.69, 9.17) is 15.2 Å². The standard InChI is InChI=1S/C14H21BrN2O3/c1-4-5-17-14(18)9(2)20-13-11(15)6-10(8-16)7-12(13)19-3/h6-7,9H,4-5,8,16H2,1-3H3,(H,17,18). The lowest BCUT2D eigenvalue weighted by atomic mass is 10.2. The number of ether oxygens (including phenoxy) is 2. The first-order valence-corrected chi connectivity index (χ1v) is 7.33. The Balaban J connectivity index is 2.88. The minimum absolute atomic E-state index is 0.149. The number of carbonyl (C=O) groups excluding carboxylic acids is 1. The Morgan fingerprint density at radius 3 is 2.75 bits per heavy atom. The van der Waals surface area contributed by atoms with E-state index in [0.29, 0.717) is 29.1 Å². The summed E-state index contributed by atoms with van der Waals surface area (Å²) in [5.41, 5.74) is 6.54. The fourth-order valence-electron chi connectivity index (χ4n) is 1.63. The fourth-order valence-corrected chi connectivity index (χ4v) is 2.21. The van der Waals surface area contributed by atoms with E-state index in [2.05, 4.69) is 21.2 Å². The largest absolute Gasteiger partial charge is 0.493 e. The Bertz CT molecular complexity index is 466. The van der Waals surface area contributed by atoms with Crippen LogP contribution in [0.25, 0.3) is 0 Å². The van der Waals surface area contributed by atoms with Gasteiger partial charge < -0.3 is 20.5 Å². The van der Waals surface area contributed by atoms with Crippen molar-refractivity contribution in [3.8, 4) is 11.5 Å². The summed E-state index contributed by atoms with van der Waals surface area (Å²) in [5.74, 6) is 0.905. The Labute approximate surface area is 127 Å². The maximum Gasteiger partial charge on any atom is 0.260 e. The van der Waals surface area contributed by atoms with Gasteiger partial charge >= 0.3 is 0 Å². The molecule has 20 heavy (non-hydrogen) atoms. The first-order chi connectivity index (χ1) is 9.53. The lowest BCUT2D eigenvalue weighted by Gasteiger charge is -2.18. The van der Waals surface area contributed by atoms with Crippen LogP contribution in [0.4, 0.5) is 0 Å². The van der Waals surface area contributed by atoms with Crippen LogP contribution in [0.15, 0.2) is 16.6 Å². The van der Waals surface area contributed by atoms with Crippen LogP contribution in [0.3, 0.4) is 0 Å². The molecule has 0 aliphatic rings. The highest BCUT2D eigenvalue weighted by Gasteiger charge is 2.19. The molecule has 0 saturated carbocycles. The van der Waals surface area contributed by atoms with Crippen molar-refractivity contribution in [1.82, 2.24) is 5.32 Å². The van der Waals surface area contributed by atoms with Gasteiger partial charge in [0.25, 0.3) is 5.91 Å². The average Bonchev–Trinajstić information content (AvgIpc) is 2.46. The molecular weight excluding hydrogens is 324 g/mol. The lowest BCUT2D eigenvalue weighted by Crippen LogP contribution is -2.36. The number of rotatable bonds is 7. The van der Waals surface area contributed by atoms with Crippen molar-refractivity contribution in [3.63, 3.8) is 0 Å². The molecule has 3 N–H and O–H groups in total. The zero-order valence-corrected chi connectivity index (χ0v) is 13.6. The van der Waals surface area contributed by atoms with Crippen molar-refractivity contribution in [2.75, 3.05) is 13.7 Å². The van der Waals surface area contributed by atoms with Crippen LogP contribution in [-0.2, 0) is 11.3 Å². The number of nitrogens with one attached hydrogen (secondary N) is 1. The van der Waals surface area contributed by atoms with Crippen molar-refractivity contribution in [2.24, 2.45) is 5.73 Å². The predicted molar refractivity (Wildman–Crippen MR) is 82.0 cm³/mol. The quantitative estimate of drug-likeness (QED) is 0.795. The fraction of sp³-hybridized carbons (Fsp3) is 0.500. The molecule has 1 rings (SSSR count). The van der Waals surface area contributed by atoms with E-state index in [1.54, 1.807) is 20.1 Å². The van der Waals surface area contributed by atoms with E-state index in [0.717, 1.165) is 12.0 Å². The van der Waals surface area contributed by atoms with Crippen LogP contribution < -0.4 is 20.5 Å². The normalized spacial score (nSPS) is 11.8. The molecule has 112 valence electrons. The molecule has 0 aromatic heterocycles. The summed E-state index contributed by atoms with van der Waals surface area (Å²) < 4.78 is 11.7. The molecule has 1 aromatic rings. The smallest absolute Gasteiger partial charge is 0.260 e. The highest BCUT2D eigenvalue weighted by molar-refractivity contribution is 9.10. The van der Waals surface area contributed by atoms with Gasteiger partial charge in [0.2, 0.25) is 0 Å². The Morgan fingerprint density at radius 2 is 2.20 bits per heavy atom. The monoisotopic (exact) mass is 344 g/mol. The molecule has 6 heteroatoms. The van der Waals surface area contributed by atoms with Crippen LogP contribution in [0, 0.1) is 0 Å². The van der Waals surface area contributed by atoms with Gasteiger partial charge in [-0.25, -0.2) is 0 Å². The minimum atomic E-state index is -0.601. The zero-order chi connectivity index (χ0) is 15.1. The number of amides is 1. The molecule has 0 aliphatic heterocycles. The zero-order valence-electron chi connectivity index (χ0n) is 12.0. The van der Waals surface area contributed by atoms with Crippen molar-refractivity contribution in [1.29, 1.82) is 0 Å². The Hall–Kier alpha value is -1.27. The number of nitrogens with two attached hydrogens (primary N) is 1. The van der Waals surface area contributed by atoms with Crippen molar-refractivity contribution in [2.45, 2.75) is 32.9 Å². The van der Waals surface area contributed by atoms with Crippen LogP contribution in [0.5, 0.6) is 11.5 Å². The Kier molecular flexibility index (Phi) is 6.81. The molecule has 0 aliphatic carbocycles. The summed E-state index contributed by atoms with van der Waals surface area (Å²) in [6.45, 7) is 4.74. The third-order valence-corrected chi connectivity index (χ3v) is 3.33. The van der Waals surface area contributed by atoms with Gasteiger partial charge in [-0.3, -0.25) is 4.79 Å². The van der Waals surface area contributed by atoms with E-state index >= 15 is 0 Å². The van der Waals surface area contributed by atoms with Gasteiger partial charge in [0.1, 0.15) is 0 Å². The number of carbonyl (C=O) groups is 1. The summed E-state index contributed by atoms with van der Waals surface area (Å²) in [6.07, 6.45) is 0.284. The topological polar surface area (TPSA) is 73.6 Å². The van der Waals surface area contributed by atoms with E-state index in [1.807, 2.05) is 13.0 Å². The highest BCUT2D eigenvalue weighted by Crippen LogP contribution is 2.37. The molecule has 0 heterocycles. The van der Waals surface area contributed by atoms with Crippen LogP contribution in [-0.4, -0.2) is 25.7 Å². The number of benzene rings is 1. The van der Waals surface area contributed by atoms with Crippen LogP contribution in [0.2, 0.25) is 0 Å². The molecule has 5 nitrogen and oxygen atoms in total. The highest BCUT2D eigenvalue weighted by atomic mass is 79.9. The molecule has 1 amide bonds. The van der Waals surface area contributed by atoms with Crippen molar-refractivity contribution >= 4 is 21.8 Å². The number of methoxy groups -OCH3 is 1. The second-order valence-corrected chi connectivity index (χ2v) is 5.22. The third kappa shape index (κ3) is 4.38. The van der Waals surface area contributed by atoms with Gasteiger partial charge in [-0.15, -0.1) is 0 Å². The van der Waals surface area contributed by atoms with E-state index in [1.165, 1.54) is 0 Å². The summed E-state index contributed by atoms with van der Waals surface area (Å²) in [4.78, 5) is 11.8. The molecule has 0 saturated heterocycles. The minimum Gasteiger partial charge on any atom is -0.493 e. The van der Waals surface area contributed by atoms with Crippen LogP contribution >= 0.6 is 15.9 Å². The SMILES string of the molecule is CCCNC(=O)C(C)Oc1c(Br)cc(CN)cc1OC. The number of halogens is 1.